The normalized spacial score (nSPS) is 34.2. The second-order valence-corrected chi connectivity index (χ2v) is 34.2. The van der Waals surface area contributed by atoms with Crippen molar-refractivity contribution in [1.82, 2.24) is 0 Å². The summed E-state index contributed by atoms with van der Waals surface area (Å²) >= 11 is 0. The van der Waals surface area contributed by atoms with Gasteiger partial charge in [0.25, 0.3) is 0 Å². The molecule has 594 valence electrons. The van der Waals surface area contributed by atoms with Gasteiger partial charge in [0, 0.05) is 43.4 Å². The average molecular weight is 1500 g/mol. The van der Waals surface area contributed by atoms with Crippen molar-refractivity contribution in [1.29, 1.82) is 0 Å². The molecule has 0 amide bonds. The minimum atomic E-state index is -1.00. The molecule has 30 heteroatoms. The lowest BCUT2D eigenvalue weighted by Crippen LogP contribution is -2.53. The Morgan fingerprint density at radius 3 is 1.42 bits per heavy atom. The Morgan fingerprint density at radius 1 is 0.481 bits per heavy atom. The van der Waals surface area contributed by atoms with Gasteiger partial charge in [0.1, 0.15) is 61.5 Å². The number of hydrogen-bond donors (Lipinski definition) is 0. The van der Waals surface area contributed by atoms with E-state index in [9.17, 15) is 71.9 Å². The van der Waals surface area contributed by atoms with Crippen molar-refractivity contribution in [2.24, 2.45) is 71.4 Å². The number of carbonyl (C=O) groups excluding carboxylic acids is 15. The standard InChI is InChI=1S/C23H32O10.C20H28O8.C17H26O6.C16H24O6/c1-7-20(4,5)18(27)29-8-15(26)32-16-17-23(12-31-14(3)25)10-22(16,11-30-13(2)24)9-21(23,6)19(28)33-17;1-7-18(2,3)16(23)26-9-11(21)27-13-10-8-19(4)14(13)28-17(24)20(19,5)12(10)15(22)25-6;1-6-15(2,3)13(19)21-10-12(18)23-17(5)8-7-16(4)9-11(17)22-14(16)20;1-5-15(2,3)13(18)20-9-12(17)21-10-6-7-16(4)8-11(10)22-14(16)19/h16-17H,7-12H2,1-6H3;10,12-14H,7-9H2,1-6H3;11H,6-10H2,1-5H3;10-11H,5-9H2,1-4H3. The predicted molar refractivity (Wildman–Crippen MR) is 363 cm³/mol. The van der Waals surface area contributed by atoms with Gasteiger partial charge in [0.05, 0.1) is 61.8 Å². The summed E-state index contributed by atoms with van der Waals surface area (Å²) in [6.07, 6.45) is 2.46. The van der Waals surface area contributed by atoms with Gasteiger partial charge in [-0.25, -0.2) is 19.2 Å². The third-order valence-electron chi connectivity index (χ3n) is 25.2. The number of ether oxygens (including phenoxy) is 15. The maximum Gasteiger partial charge on any atom is 0.344 e. The fraction of sp³-hybridized carbons (Fsp3) is 0.803. The van der Waals surface area contributed by atoms with Crippen molar-refractivity contribution in [3.63, 3.8) is 0 Å². The molecular formula is C76H110O30. The highest BCUT2D eigenvalue weighted by Gasteiger charge is 2.84. The molecule has 4 saturated heterocycles. The fourth-order valence-electron chi connectivity index (χ4n) is 16.1. The first-order valence-corrected chi connectivity index (χ1v) is 36.5. The molecule has 6 saturated carbocycles. The van der Waals surface area contributed by atoms with Crippen LogP contribution in [-0.2, 0) is 143 Å². The molecule has 106 heavy (non-hydrogen) atoms. The maximum atomic E-state index is 12.9. The predicted octanol–water partition coefficient (Wildman–Crippen LogP) is 7.73. The van der Waals surface area contributed by atoms with Gasteiger partial charge in [0.15, 0.2) is 26.4 Å². The van der Waals surface area contributed by atoms with Gasteiger partial charge in [-0.05, 0) is 161 Å². The van der Waals surface area contributed by atoms with Crippen LogP contribution in [0.4, 0.5) is 0 Å². The summed E-state index contributed by atoms with van der Waals surface area (Å²) in [5, 5.41) is 0. The van der Waals surface area contributed by atoms with E-state index < -0.39 is 212 Å². The van der Waals surface area contributed by atoms with E-state index in [-0.39, 0.29) is 43.6 Å². The molecule has 4 aliphatic heterocycles. The van der Waals surface area contributed by atoms with Crippen LogP contribution in [0.3, 0.4) is 0 Å². The van der Waals surface area contributed by atoms with Crippen molar-refractivity contribution < 1.29 is 143 Å². The zero-order valence-corrected chi connectivity index (χ0v) is 65.4. The Balaban J connectivity index is 0.000000200. The minimum Gasteiger partial charge on any atom is -0.469 e. The Kier molecular flexibility index (Phi) is 24.9. The molecule has 0 N–H and O–H groups in total. The first-order valence-electron chi connectivity index (χ1n) is 36.5. The van der Waals surface area contributed by atoms with Crippen molar-refractivity contribution in [3.8, 4) is 0 Å². The Morgan fingerprint density at radius 2 is 0.934 bits per heavy atom. The van der Waals surface area contributed by atoms with Gasteiger partial charge in [-0.3, -0.25) is 52.7 Å². The molecule has 17 atom stereocenters. The summed E-state index contributed by atoms with van der Waals surface area (Å²) in [4.78, 5) is 181. The summed E-state index contributed by atoms with van der Waals surface area (Å²) in [7, 11) is 1.27. The highest BCUT2D eigenvalue weighted by atomic mass is 16.7. The molecule has 0 spiro atoms. The van der Waals surface area contributed by atoms with Crippen LogP contribution in [0.5, 0.6) is 0 Å². The van der Waals surface area contributed by atoms with Crippen LogP contribution in [-0.4, -0.2) is 185 Å². The molecule has 10 fully saturated rings. The van der Waals surface area contributed by atoms with Crippen LogP contribution in [0.15, 0.2) is 0 Å². The van der Waals surface area contributed by atoms with E-state index in [4.69, 9.17) is 71.1 Å². The third kappa shape index (κ3) is 16.3. The summed E-state index contributed by atoms with van der Waals surface area (Å²) in [6.45, 7) is 32.7. The summed E-state index contributed by atoms with van der Waals surface area (Å²) in [5.41, 5.74) is -8.90. The molecule has 0 aromatic carbocycles. The summed E-state index contributed by atoms with van der Waals surface area (Å²) < 4.78 is 79.7. The molecule has 6 aliphatic carbocycles. The molecule has 4 heterocycles. The van der Waals surface area contributed by atoms with Gasteiger partial charge in [-0.2, -0.15) is 0 Å². The highest BCUT2D eigenvalue weighted by molar-refractivity contribution is 5.91. The monoisotopic (exact) mass is 1500 g/mol. The van der Waals surface area contributed by atoms with Crippen LogP contribution in [0.2, 0.25) is 0 Å². The maximum absolute atomic E-state index is 12.9. The number of esters is 15. The molecule has 8 bridgehead atoms. The summed E-state index contributed by atoms with van der Waals surface area (Å²) in [5.74, 6) is -8.65. The van der Waals surface area contributed by atoms with E-state index in [1.165, 1.54) is 21.0 Å². The smallest absolute Gasteiger partial charge is 0.344 e. The van der Waals surface area contributed by atoms with E-state index in [1.807, 2.05) is 48.5 Å². The first-order chi connectivity index (χ1) is 48.9. The second kappa shape index (κ2) is 31.0. The second-order valence-electron chi connectivity index (χ2n) is 34.2. The van der Waals surface area contributed by atoms with E-state index in [2.05, 4.69) is 0 Å². The highest BCUT2D eigenvalue weighted by Crippen LogP contribution is 2.75. The molecule has 0 aromatic heterocycles. The van der Waals surface area contributed by atoms with Gasteiger partial charge >= 0.3 is 89.5 Å². The van der Waals surface area contributed by atoms with Crippen molar-refractivity contribution in [2.75, 3.05) is 46.8 Å². The molecule has 0 radical (unpaired) electrons. The average Bonchev–Trinajstić information content (AvgIpc) is 1.49. The Hall–Kier alpha value is -7.95. The Labute approximate surface area is 618 Å². The van der Waals surface area contributed by atoms with Gasteiger partial charge in [-0.1, -0.05) is 34.6 Å². The largest absolute Gasteiger partial charge is 0.469 e. The number of hydrogen-bond acceptors (Lipinski definition) is 30. The quantitative estimate of drug-likeness (QED) is 0.0623. The fourth-order valence-corrected chi connectivity index (χ4v) is 16.1. The zero-order valence-electron chi connectivity index (χ0n) is 65.4. The zero-order chi connectivity index (χ0) is 79.9. The number of fused-ring (bicyclic) bond motifs is 6. The number of methoxy groups -OCH3 is 1. The van der Waals surface area contributed by atoms with Gasteiger partial charge in [0.2, 0.25) is 0 Å². The lowest BCUT2D eigenvalue weighted by molar-refractivity contribution is -0.185. The molecular weight excluding hydrogens is 1390 g/mol. The Bertz CT molecular complexity index is 3490. The molecule has 0 aromatic rings. The molecule has 10 aliphatic rings. The first kappa shape index (κ1) is 85.3. The summed E-state index contributed by atoms with van der Waals surface area (Å²) in [6, 6.07) is 0. The SMILES string of the molecule is CCC(C)(C)C(=O)OCC(=O)OC1(C)CCC2(C)CC1OC2=O.CCC(C)(C)C(=O)OCC(=O)OC1C2CC3(C)C1OC(=O)C3(C)C2C(=O)OC.CCC(C)(C)C(=O)OCC(=O)OC1C2OC(=O)C3(C)CC1(COC(C)=O)CC23COC(C)=O.CCC(C)(C)C(=O)OCC(=O)OC1CCC2(C)CC1OC2=O. The van der Waals surface area contributed by atoms with E-state index in [1.54, 1.807) is 76.2 Å². The van der Waals surface area contributed by atoms with Crippen LogP contribution < -0.4 is 0 Å². The topological polar surface area (TPSA) is 394 Å². The number of rotatable bonds is 25. The van der Waals surface area contributed by atoms with Crippen LogP contribution >= 0.6 is 0 Å². The minimum absolute atomic E-state index is 0.0898. The van der Waals surface area contributed by atoms with Crippen LogP contribution in [0.25, 0.3) is 0 Å². The molecule has 10 rings (SSSR count). The molecule has 17 unspecified atom stereocenters. The molecule has 30 nitrogen and oxygen atoms in total. The van der Waals surface area contributed by atoms with Gasteiger partial charge < -0.3 is 71.1 Å². The van der Waals surface area contributed by atoms with Gasteiger partial charge in [-0.15, -0.1) is 0 Å². The van der Waals surface area contributed by atoms with E-state index in [0.717, 1.165) is 0 Å². The van der Waals surface area contributed by atoms with Crippen molar-refractivity contribution in [3.05, 3.63) is 0 Å². The van der Waals surface area contributed by atoms with E-state index in [0.29, 0.717) is 77.0 Å². The van der Waals surface area contributed by atoms with E-state index >= 15 is 0 Å². The van der Waals surface area contributed by atoms with Crippen molar-refractivity contribution in [2.45, 2.75) is 270 Å². The lowest BCUT2D eigenvalue weighted by Gasteiger charge is -2.41. The third-order valence-corrected chi connectivity index (χ3v) is 25.2. The lowest BCUT2D eigenvalue weighted by atomic mass is 9.60. The van der Waals surface area contributed by atoms with Crippen LogP contribution in [0.1, 0.15) is 222 Å². The number of carbonyl (C=O) groups is 15. The van der Waals surface area contributed by atoms with Crippen molar-refractivity contribution >= 4 is 89.5 Å². The van der Waals surface area contributed by atoms with Crippen LogP contribution in [0, 0.1) is 71.4 Å².